The molecule has 1 aliphatic rings. The van der Waals surface area contributed by atoms with Crippen molar-refractivity contribution in [1.29, 1.82) is 0 Å². The number of carbonyl (C=O) groups excluding carboxylic acids is 1. The van der Waals surface area contributed by atoms with E-state index in [0.29, 0.717) is 0 Å². The highest BCUT2D eigenvalue weighted by Gasteiger charge is 2.36. The van der Waals surface area contributed by atoms with Crippen LogP contribution in [0.25, 0.3) is 0 Å². The van der Waals surface area contributed by atoms with Crippen molar-refractivity contribution in [2.75, 3.05) is 6.61 Å². The van der Waals surface area contributed by atoms with Crippen molar-refractivity contribution in [1.82, 2.24) is 5.32 Å². The van der Waals surface area contributed by atoms with E-state index in [0.717, 1.165) is 17.5 Å². The van der Waals surface area contributed by atoms with Crippen LogP contribution in [0.5, 0.6) is 0 Å². The molecule has 1 amide bonds. The van der Waals surface area contributed by atoms with Gasteiger partial charge in [-0.15, -0.1) is 0 Å². The maximum atomic E-state index is 12.5. The van der Waals surface area contributed by atoms with Crippen LogP contribution in [0.3, 0.4) is 0 Å². The van der Waals surface area contributed by atoms with E-state index < -0.39 is 5.54 Å². The van der Waals surface area contributed by atoms with Crippen LogP contribution in [0.1, 0.15) is 29.5 Å². The second-order valence-corrected chi connectivity index (χ2v) is 5.80. The second kappa shape index (κ2) is 5.34. The molecular formula is C18H19NO2. The Kier molecular flexibility index (Phi) is 3.52. The smallest absolute Gasteiger partial charge is 0.228 e. The molecule has 108 valence electrons. The summed E-state index contributed by atoms with van der Waals surface area (Å²) in [5, 5.41) is 12.8. The summed E-state index contributed by atoms with van der Waals surface area (Å²) in [6, 6.07) is 17.6. The Labute approximate surface area is 124 Å². The average Bonchev–Trinajstić information content (AvgIpc) is 2.49. The van der Waals surface area contributed by atoms with Gasteiger partial charge in [0.05, 0.1) is 18.1 Å². The quantitative estimate of drug-likeness (QED) is 0.904. The summed E-state index contributed by atoms with van der Waals surface area (Å²) in [4.78, 5) is 12.5. The standard InChI is InChI=1S/C18H19NO2/c1-18(12-20,14-8-3-2-4-9-14)19-17(21)16-11-13-7-5-6-10-15(13)16/h2-10,16,20H,11-12H2,1H3,(H,19,21). The van der Waals surface area contributed by atoms with E-state index in [1.54, 1.807) is 0 Å². The number of aliphatic hydroxyl groups is 1. The highest BCUT2D eigenvalue weighted by molar-refractivity contribution is 5.87. The molecule has 21 heavy (non-hydrogen) atoms. The third kappa shape index (κ3) is 2.45. The zero-order valence-electron chi connectivity index (χ0n) is 12.0. The van der Waals surface area contributed by atoms with Gasteiger partial charge in [-0.25, -0.2) is 0 Å². The second-order valence-electron chi connectivity index (χ2n) is 5.80. The average molecular weight is 281 g/mol. The maximum Gasteiger partial charge on any atom is 0.228 e. The lowest BCUT2D eigenvalue weighted by Gasteiger charge is -2.35. The van der Waals surface area contributed by atoms with Crippen LogP contribution in [-0.4, -0.2) is 17.6 Å². The summed E-state index contributed by atoms with van der Waals surface area (Å²) < 4.78 is 0. The van der Waals surface area contributed by atoms with Gasteiger partial charge in [0.25, 0.3) is 0 Å². The first kappa shape index (κ1) is 13.8. The highest BCUT2D eigenvalue weighted by Crippen LogP contribution is 2.35. The highest BCUT2D eigenvalue weighted by atomic mass is 16.3. The number of benzene rings is 2. The van der Waals surface area contributed by atoms with E-state index in [2.05, 4.69) is 11.4 Å². The van der Waals surface area contributed by atoms with Gasteiger partial charge in [-0.2, -0.15) is 0 Å². The molecule has 0 fully saturated rings. The molecule has 0 aromatic heterocycles. The van der Waals surface area contributed by atoms with Gasteiger partial charge in [0.2, 0.25) is 5.91 Å². The van der Waals surface area contributed by atoms with Gasteiger partial charge in [-0.1, -0.05) is 54.6 Å². The number of carbonyl (C=O) groups is 1. The summed E-state index contributed by atoms with van der Waals surface area (Å²) in [5.41, 5.74) is 2.50. The number of aliphatic hydroxyl groups excluding tert-OH is 1. The Morgan fingerprint density at radius 2 is 1.86 bits per heavy atom. The first-order chi connectivity index (χ1) is 10.1. The minimum Gasteiger partial charge on any atom is -0.394 e. The van der Waals surface area contributed by atoms with Gasteiger partial charge in [-0.3, -0.25) is 4.79 Å². The lowest BCUT2D eigenvalue weighted by atomic mass is 9.76. The Morgan fingerprint density at radius 3 is 2.52 bits per heavy atom. The summed E-state index contributed by atoms with van der Waals surface area (Å²) in [7, 11) is 0. The Hall–Kier alpha value is -2.13. The van der Waals surface area contributed by atoms with Gasteiger partial charge in [0.1, 0.15) is 0 Å². The van der Waals surface area contributed by atoms with Gasteiger partial charge >= 0.3 is 0 Å². The molecule has 2 unspecified atom stereocenters. The summed E-state index contributed by atoms with van der Waals surface area (Å²) in [5.74, 6) is -0.120. The van der Waals surface area contributed by atoms with Crippen LogP contribution in [0.15, 0.2) is 54.6 Å². The third-order valence-electron chi connectivity index (χ3n) is 4.30. The Morgan fingerprint density at radius 1 is 1.19 bits per heavy atom. The largest absolute Gasteiger partial charge is 0.394 e. The topological polar surface area (TPSA) is 49.3 Å². The fraction of sp³-hybridized carbons (Fsp3) is 0.278. The Balaban J connectivity index is 1.78. The normalized spacial score (nSPS) is 19.0. The first-order valence-electron chi connectivity index (χ1n) is 7.20. The van der Waals surface area contributed by atoms with Crippen LogP contribution >= 0.6 is 0 Å². The molecule has 0 bridgehead atoms. The van der Waals surface area contributed by atoms with Crippen LogP contribution in [0.4, 0.5) is 0 Å². The van der Waals surface area contributed by atoms with Crippen molar-refractivity contribution in [2.45, 2.75) is 24.8 Å². The zero-order chi connectivity index (χ0) is 14.9. The molecule has 0 saturated heterocycles. The van der Waals surface area contributed by atoms with Crippen molar-refractivity contribution in [3.8, 4) is 0 Å². The number of amides is 1. The molecule has 3 rings (SSSR count). The minimum atomic E-state index is -0.747. The molecule has 3 heteroatoms. The van der Waals surface area contributed by atoms with Crippen LogP contribution < -0.4 is 5.32 Å². The maximum absolute atomic E-state index is 12.5. The minimum absolute atomic E-state index is 0.0193. The van der Waals surface area contributed by atoms with Gasteiger partial charge in [0.15, 0.2) is 0 Å². The van der Waals surface area contributed by atoms with Crippen molar-refractivity contribution >= 4 is 5.91 Å². The van der Waals surface area contributed by atoms with Crippen molar-refractivity contribution < 1.29 is 9.90 Å². The van der Waals surface area contributed by atoms with E-state index in [1.165, 1.54) is 5.56 Å². The molecule has 3 nitrogen and oxygen atoms in total. The molecule has 0 radical (unpaired) electrons. The molecule has 0 spiro atoms. The number of hydrogen-bond acceptors (Lipinski definition) is 2. The van der Waals surface area contributed by atoms with E-state index >= 15 is 0 Å². The fourth-order valence-corrected chi connectivity index (χ4v) is 2.86. The monoisotopic (exact) mass is 281 g/mol. The van der Waals surface area contributed by atoms with Gasteiger partial charge in [0, 0.05) is 0 Å². The summed E-state index contributed by atoms with van der Waals surface area (Å²) >= 11 is 0. The van der Waals surface area contributed by atoms with Crippen molar-refractivity contribution in [3.63, 3.8) is 0 Å². The van der Waals surface area contributed by atoms with Gasteiger partial charge in [-0.05, 0) is 30.0 Å². The lowest BCUT2D eigenvalue weighted by Crippen LogP contribution is -2.49. The van der Waals surface area contributed by atoms with E-state index in [-0.39, 0.29) is 18.4 Å². The first-order valence-corrected chi connectivity index (χ1v) is 7.20. The molecule has 0 aliphatic heterocycles. The van der Waals surface area contributed by atoms with Crippen LogP contribution in [0, 0.1) is 0 Å². The van der Waals surface area contributed by atoms with Crippen molar-refractivity contribution in [3.05, 3.63) is 71.3 Å². The molecule has 0 saturated carbocycles. The van der Waals surface area contributed by atoms with E-state index in [9.17, 15) is 9.90 Å². The summed E-state index contributed by atoms with van der Waals surface area (Å²) in [6.45, 7) is 1.72. The number of hydrogen-bond donors (Lipinski definition) is 2. The predicted octanol–water partition coefficient (Wildman–Crippen LogP) is 2.35. The SMILES string of the molecule is CC(CO)(NC(=O)C1Cc2ccccc21)c1ccccc1. The molecule has 0 heterocycles. The van der Waals surface area contributed by atoms with Gasteiger partial charge < -0.3 is 10.4 Å². The molecule has 2 N–H and O–H groups in total. The third-order valence-corrected chi connectivity index (χ3v) is 4.30. The van der Waals surface area contributed by atoms with Crippen molar-refractivity contribution in [2.24, 2.45) is 0 Å². The molecule has 2 aromatic carbocycles. The fourth-order valence-electron chi connectivity index (χ4n) is 2.86. The van der Waals surface area contributed by atoms with Crippen LogP contribution in [0.2, 0.25) is 0 Å². The number of fused-ring (bicyclic) bond motifs is 1. The zero-order valence-corrected chi connectivity index (χ0v) is 12.0. The van der Waals surface area contributed by atoms with Crippen LogP contribution in [-0.2, 0) is 16.8 Å². The predicted molar refractivity (Wildman–Crippen MR) is 81.9 cm³/mol. The lowest BCUT2D eigenvalue weighted by molar-refractivity contribution is -0.125. The van der Waals surface area contributed by atoms with E-state index in [4.69, 9.17) is 0 Å². The molecular weight excluding hydrogens is 262 g/mol. The van der Waals surface area contributed by atoms with E-state index in [1.807, 2.05) is 55.5 Å². The number of nitrogens with one attached hydrogen (secondary N) is 1. The molecule has 1 aliphatic carbocycles. The molecule has 2 aromatic rings. The number of rotatable bonds is 4. The summed E-state index contributed by atoms with van der Waals surface area (Å²) in [6.07, 6.45) is 0.776. The Bertz CT molecular complexity index is 653. The molecule has 2 atom stereocenters.